The van der Waals surface area contributed by atoms with E-state index in [1.54, 1.807) is 0 Å². The SMILES string of the molecule is CCOCCCn1c(NC(=O)CCCNC(=O)NC2CCCCC2)nc2ccccc21. The number of carbonyl (C=O) groups is 2. The lowest BCUT2D eigenvalue weighted by Crippen LogP contribution is -2.43. The highest BCUT2D eigenvalue weighted by Crippen LogP contribution is 2.20. The summed E-state index contributed by atoms with van der Waals surface area (Å²) in [4.78, 5) is 29.0. The molecule has 1 fully saturated rings. The number of nitrogens with zero attached hydrogens (tertiary/aromatic N) is 2. The van der Waals surface area contributed by atoms with Crippen molar-refractivity contribution in [2.75, 3.05) is 25.1 Å². The summed E-state index contributed by atoms with van der Waals surface area (Å²) in [5, 5.41) is 8.82. The second-order valence-corrected chi connectivity index (χ2v) is 8.01. The van der Waals surface area contributed by atoms with Gasteiger partial charge in [0.1, 0.15) is 0 Å². The van der Waals surface area contributed by atoms with E-state index in [1.807, 2.05) is 35.8 Å². The lowest BCUT2D eigenvalue weighted by molar-refractivity contribution is -0.116. The molecule has 2 aromatic rings. The number of ether oxygens (including phenoxy) is 1. The number of aromatic nitrogens is 2. The number of anilines is 1. The minimum absolute atomic E-state index is 0.101. The van der Waals surface area contributed by atoms with Gasteiger partial charge in [0.05, 0.1) is 11.0 Å². The van der Waals surface area contributed by atoms with E-state index in [0.717, 1.165) is 36.8 Å². The van der Waals surface area contributed by atoms with Gasteiger partial charge in [-0.25, -0.2) is 9.78 Å². The highest BCUT2D eigenvalue weighted by atomic mass is 16.5. The number of para-hydroxylation sites is 2. The number of imidazole rings is 1. The van der Waals surface area contributed by atoms with Crippen molar-refractivity contribution in [2.24, 2.45) is 0 Å². The van der Waals surface area contributed by atoms with Crippen LogP contribution in [0.5, 0.6) is 0 Å². The molecule has 1 aliphatic rings. The molecule has 3 rings (SSSR count). The summed E-state index contributed by atoms with van der Waals surface area (Å²) in [6.07, 6.45) is 7.48. The zero-order chi connectivity index (χ0) is 21.9. The third kappa shape index (κ3) is 7.24. The van der Waals surface area contributed by atoms with Crippen molar-refractivity contribution < 1.29 is 14.3 Å². The first-order valence-corrected chi connectivity index (χ1v) is 11.5. The van der Waals surface area contributed by atoms with Crippen molar-refractivity contribution in [3.05, 3.63) is 24.3 Å². The fourth-order valence-electron chi connectivity index (χ4n) is 3.99. The number of carbonyl (C=O) groups excluding carboxylic acids is 2. The lowest BCUT2D eigenvalue weighted by atomic mass is 9.96. The van der Waals surface area contributed by atoms with Crippen LogP contribution in [0, 0.1) is 0 Å². The van der Waals surface area contributed by atoms with Crippen LogP contribution in [0.25, 0.3) is 11.0 Å². The molecule has 1 aromatic carbocycles. The maximum atomic E-state index is 12.5. The molecule has 170 valence electrons. The van der Waals surface area contributed by atoms with Crippen LogP contribution >= 0.6 is 0 Å². The maximum Gasteiger partial charge on any atom is 0.315 e. The second-order valence-electron chi connectivity index (χ2n) is 8.01. The Bertz CT molecular complexity index is 845. The molecule has 8 heteroatoms. The van der Waals surface area contributed by atoms with Gasteiger partial charge >= 0.3 is 6.03 Å². The molecule has 0 bridgehead atoms. The standard InChI is InChI=1S/C23H35N5O3/c1-2-31-17-9-16-28-20-13-7-6-12-19(20)26-22(28)27-21(29)14-8-15-24-23(30)25-18-10-4-3-5-11-18/h6-7,12-13,18H,2-5,8-11,14-17H2,1H3,(H2,24,25,30)(H,26,27,29). The summed E-state index contributed by atoms with van der Waals surface area (Å²) in [6, 6.07) is 8.01. The molecule has 8 nitrogen and oxygen atoms in total. The number of fused-ring (bicyclic) bond motifs is 1. The van der Waals surface area contributed by atoms with Gasteiger partial charge in [-0.2, -0.15) is 0 Å². The molecule has 1 saturated carbocycles. The molecule has 1 aliphatic carbocycles. The molecule has 3 amide bonds. The Morgan fingerprint density at radius 2 is 1.97 bits per heavy atom. The highest BCUT2D eigenvalue weighted by Gasteiger charge is 2.16. The van der Waals surface area contributed by atoms with Crippen molar-refractivity contribution in [2.45, 2.75) is 70.9 Å². The average Bonchev–Trinajstić information content (AvgIpc) is 3.12. The quantitative estimate of drug-likeness (QED) is 0.473. The fraction of sp³-hybridized carbons (Fsp3) is 0.609. The molecule has 0 radical (unpaired) electrons. The summed E-state index contributed by atoms with van der Waals surface area (Å²) in [5.41, 5.74) is 1.85. The molecule has 0 unspecified atom stereocenters. The van der Waals surface area contributed by atoms with Gasteiger partial charge in [-0.05, 0) is 44.7 Å². The number of rotatable bonds is 11. The molecule has 0 saturated heterocycles. The van der Waals surface area contributed by atoms with E-state index < -0.39 is 0 Å². The van der Waals surface area contributed by atoms with Gasteiger partial charge in [0, 0.05) is 38.8 Å². The van der Waals surface area contributed by atoms with Crippen molar-refractivity contribution in [3.63, 3.8) is 0 Å². The summed E-state index contributed by atoms with van der Waals surface area (Å²) in [5.74, 6) is 0.460. The Morgan fingerprint density at radius 1 is 1.16 bits per heavy atom. The predicted molar refractivity (Wildman–Crippen MR) is 122 cm³/mol. The Balaban J connectivity index is 1.44. The van der Waals surface area contributed by atoms with Gasteiger partial charge in [0.2, 0.25) is 11.9 Å². The molecule has 0 spiro atoms. The van der Waals surface area contributed by atoms with Crippen molar-refractivity contribution in [1.29, 1.82) is 0 Å². The Morgan fingerprint density at radius 3 is 2.77 bits per heavy atom. The Kier molecular flexibility index (Phi) is 9.15. The third-order valence-corrected chi connectivity index (χ3v) is 5.59. The Hall–Kier alpha value is -2.61. The first-order chi connectivity index (χ1) is 15.2. The number of hydrogen-bond donors (Lipinski definition) is 3. The van der Waals surface area contributed by atoms with E-state index in [4.69, 9.17) is 4.74 Å². The van der Waals surface area contributed by atoms with Crippen LogP contribution in [0.2, 0.25) is 0 Å². The number of urea groups is 1. The zero-order valence-corrected chi connectivity index (χ0v) is 18.5. The summed E-state index contributed by atoms with van der Waals surface area (Å²) in [7, 11) is 0. The monoisotopic (exact) mass is 429 g/mol. The van der Waals surface area contributed by atoms with E-state index in [2.05, 4.69) is 20.9 Å². The summed E-state index contributed by atoms with van der Waals surface area (Å²) < 4.78 is 7.47. The lowest BCUT2D eigenvalue weighted by Gasteiger charge is -2.22. The molecule has 0 aliphatic heterocycles. The van der Waals surface area contributed by atoms with E-state index in [-0.39, 0.29) is 18.0 Å². The minimum atomic E-state index is -0.136. The van der Waals surface area contributed by atoms with Crippen molar-refractivity contribution in [1.82, 2.24) is 20.2 Å². The van der Waals surface area contributed by atoms with Gasteiger partial charge in [-0.3, -0.25) is 10.1 Å². The predicted octanol–water partition coefficient (Wildman–Crippen LogP) is 3.81. The molecule has 1 heterocycles. The molecule has 1 aromatic heterocycles. The van der Waals surface area contributed by atoms with Crippen LogP contribution in [0.1, 0.15) is 58.3 Å². The largest absolute Gasteiger partial charge is 0.382 e. The molecule has 31 heavy (non-hydrogen) atoms. The number of benzene rings is 1. The van der Waals surface area contributed by atoms with Crippen LogP contribution in [0.3, 0.4) is 0 Å². The summed E-state index contributed by atoms with van der Waals surface area (Å²) in [6.45, 7) is 4.54. The van der Waals surface area contributed by atoms with E-state index in [1.165, 1.54) is 19.3 Å². The molecular weight excluding hydrogens is 394 g/mol. The normalized spacial score (nSPS) is 14.5. The van der Waals surface area contributed by atoms with Gasteiger partial charge in [-0.1, -0.05) is 31.4 Å². The maximum absolute atomic E-state index is 12.5. The summed E-state index contributed by atoms with van der Waals surface area (Å²) >= 11 is 0. The molecular formula is C23H35N5O3. The van der Waals surface area contributed by atoms with Crippen molar-refractivity contribution in [3.8, 4) is 0 Å². The number of nitrogens with one attached hydrogen (secondary N) is 3. The van der Waals surface area contributed by atoms with Crippen LogP contribution in [0.15, 0.2) is 24.3 Å². The van der Waals surface area contributed by atoms with E-state index >= 15 is 0 Å². The third-order valence-electron chi connectivity index (χ3n) is 5.59. The zero-order valence-electron chi connectivity index (χ0n) is 18.5. The van der Waals surface area contributed by atoms with Gasteiger partial charge in [-0.15, -0.1) is 0 Å². The van der Waals surface area contributed by atoms with Crippen LogP contribution < -0.4 is 16.0 Å². The number of amides is 3. The minimum Gasteiger partial charge on any atom is -0.382 e. The smallest absolute Gasteiger partial charge is 0.315 e. The van der Waals surface area contributed by atoms with Crippen LogP contribution in [0.4, 0.5) is 10.7 Å². The van der Waals surface area contributed by atoms with Crippen molar-refractivity contribution >= 4 is 28.9 Å². The molecule has 3 N–H and O–H groups in total. The first-order valence-electron chi connectivity index (χ1n) is 11.5. The number of hydrogen-bond acceptors (Lipinski definition) is 4. The van der Waals surface area contributed by atoms with Gasteiger partial charge in [0.15, 0.2) is 0 Å². The fourth-order valence-corrected chi connectivity index (χ4v) is 3.99. The van der Waals surface area contributed by atoms with Crippen LogP contribution in [-0.2, 0) is 16.1 Å². The highest BCUT2D eigenvalue weighted by molar-refractivity contribution is 5.91. The Labute approximate surface area is 184 Å². The van der Waals surface area contributed by atoms with Gasteiger partial charge < -0.3 is 19.9 Å². The molecule has 0 atom stereocenters. The first kappa shape index (κ1) is 23.1. The van der Waals surface area contributed by atoms with Gasteiger partial charge in [0.25, 0.3) is 0 Å². The van der Waals surface area contributed by atoms with E-state index in [0.29, 0.717) is 38.5 Å². The average molecular weight is 430 g/mol. The number of aryl methyl sites for hydroxylation is 1. The van der Waals surface area contributed by atoms with Crippen LogP contribution in [-0.4, -0.2) is 47.3 Å². The second kappa shape index (κ2) is 12.3. The topological polar surface area (TPSA) is 97.3 Å². The van der Waals surface area contributed by atoms with E-state index in [9.17, 15) is 9.59 Å².